The van der Waals surface area contributed by atoms with Crippen LogP contribution in [-0.2, 0) is 4.79 Å². The van der Waals surface area contributed by atoms with Crippen LogP contribution in [0.2, 0.25) is 0 Å². The van der Waals surface area contributed by atoms with Gasteiger partial charge in [0.15, 0.2) is 0 Å². The van der Waals surface area contributed by atoms with E-state index in [0.29, 0.717) is 0 Å². The molecule has 0 aliphatic carbocycles. The molecular weight excluding hydrogens is 228 g/mol. The monoisotopic (exact) mass is 248 g/mol. The Bertz CT molecular complexity index is 408. The van der Waals surface area contributed by atoms with Gasteiger partial charge in [0.2, 0.25) is 5.91 Å². The van der Waals surface area contributed by atoms with Crippen molar-refractivity contribution >= 4 is 11.7 Å². The van der Waals surface area contributed by atoms with Gasteiger partial charge in [0.25, 0.3) is 0 Å². The molecule has 0 saturated carbocycles. The Morgan fingerprint density at radius 3 is 2.56 bits per heavy atom. The number of rotatable bonds is 3. The molecule has 5 nitrogen and oxygen atoms in total. The van der Waals surface area contributed by atoms with Crippen molar-refractivity contribution in [1.29, 1.82) is 0 Å². The number of nitrogens with zero attached hydrogens (tertiary/aromatic N) is 2. The zero-order valence-corrected chi connectivity index (χ0v) is 10.7. The van der Waals surface area contributed by atoms with Crippen molar-refractivity contribution in [3.05, 3.63) is 23.9 Å². The number of carbonyl (C=O) groups is 1. The predicted octanol–water partition coefficient (Wildman–Crippen LogP) is 0.803. The molecule has 2 heterocycles. The fourth-order valence-corrected chi connectivity index (χ4v) is 2.25. The van der Waals surface area contributed by atoms with Crippen molar-refractivity contribution in [3.8, 4) is 0 Å². The number of amides is 1. The van der Waals surface area contributed by atoms with Gasteiger partial charge in [-0.3, -0.25) is 4.79 Å². The number of nitrogens with two attached hydrogens (primary N) is 2. The maximum Gasteiger partial charge on any atom is 0.220 e. The number of aromatic nitrogens is 1. The molecular formula is C13H20N4O. The minimum absolute atomic E-state index is 0.00662. The van der Waals surface area contributed by atoms with Crippen molar-refractivity contribution in [1.82, 2.24) is 4.98 Å². The van der Waals surface area contributed by atoms with Gasteiger partial charge in [0.1, 0.15) is 5.82 Å². The molecule has 18 heavy (non-hydrogen) atoms. The molecule has 1 unspecified atom stereocenters. The third kappa shape index (κ3) is 2.79. The normalized spacial score (nSPS) is 18.7. The summed E-state index contributed by atoms with van der Waals surface area (Å²) in [6, 6.07) is 4.00. The van der Waals surface area contributed by atoms with Gasteiger partial charge in [0.05, 0.1) is 0 Å². The Labute approximate surface area is 107 Å². The lowest BCUT2D eigenvalue weighted by Gasteiger charge is -2.31. The Kier molecular flexibility index (Phi) is 3.81. The number of anilines is 1. The molecule has 0 radical (unpaired) electrons. The molecule has 1 atom stereocenters. The van der Waals surface area contributed by atoms with E-state index in [1.807, 2.05) is 25.3 Å². The van der Waals surface area contributed by atoms with Gasteiger partial charge >= 0.3 is 0 Å². The van der Waals surface area contributed by atoms with E-state index >= 15 is 0 Å². The summed E-state index contributed by atoms with van der Waals surface area (Å²) >= 11 is 0. The molecule has 0 spiro atoms. The highest BCUT2D eigenvalue weighted by Gasteiger charge is 2.23. The van der Waals surface area contributed by atoms with Crippen LogP contribution in [0.25, 0.3) is 0 Å². The second-order valence-electron chi connectivity index (χ2n) is 4.90. The van der Waals surface area contributed by atoms with Gasteiger partial charge < -0.3 is 16.4 Å². The fourth-order valence-electron chi connectivity index (χ4n) is 2.25. The van der Waals surface area contributed by atoms with Gasteiger partial charge in [-0.25, -0.2) is 4.98 Å². The Hall–Kier alpha value is -1.62. The molecule has 4 N–H and O–H groups in total. The van der Waals surface area contributed by atoms with Crippen LogP contribution in [0.3, 0.4) is 0 Å². The highest BCUT2D eigenvalue weighted by Crippen LogP contribution is 2.22. The van der Waals surface area contributed by atoms with Gasteiger partial charge in [0, 0.05) is 31.2 Å². The minimum Gasteiger partial charge on any atom is -0.369 e. The Morgan fingerprint density at radius 1 is 1.44 bits per heavy atom. The zero-order valence-electron chi connectivity index (χ0n) is 10.7. The van der Waals surface area contributed by atoms with E-state index in [4.69, 9.17) is 11.5 Å². The van der Waals surface area contributed by atoms with Crippen molar-refractivity contribution in [2.75, 3.05) is 18.0 Å². The first-order valence-corrected chi connectivity index (χ1v) is 6.33. The van der Waals surface area contributed by atoms with Gasteiger partial charge in [-0.1, -0.05) is 6.07 Å². The average Bonchev–Trinajstić information content (AvgIpc) is 2.39. The first-order valence-electron chi connectivity index (χ1n) is 6.33. The minimum atomic E-state index is -0.185. The Morgan fingerprint density at radius 2 is 2.11 bits per heavy atom. The van der Waals surface area contributed by atoms with Crippen molar-refractivity contribution < 1.29 is 4.79 Å². The smallest absolute Gasteiger partial charge is 0.220 e. The van der Waals surface area contributed by atoms with E-state index in [2.05, 4.69) is 9.88 Å². The lowest BCUT2D eigenvalue weighted by Crippen LogP contribution is -2.38. The van der Waals surface area contributed by atoms with Crippen LogP contribution < -0.4 is 16.4 Å². The summed E-state index contributed by atoms with van der Waals surface area (Å²) in [4.78, 5) is 17.7. The fraction of sp³-hybridized carbons (Fsp3) is 0.538. The molecule has 1 aliphatic rings. The third-order valence-electron chi connectivity index (χ3n) is 3.52. The van der Waals surface area contributed by atoms with Crippen molar-refractivity contribution in [2.45, 2.75) is 25.8 Å². The maximum atomic E-state index is 11.1. The standard InChI is InChI=1S/C13H20N4O/c1-9(14)11-2-3-12(16-8-11)17-6-4-10(5-7-17)13(15)18/h2-3,8-10H,4-7,14H2,1H3,(H2,15,18). The molecule has 1 aliphatic heterocycles. The third-order valence-corrected chi connectivity index (χ3v) is 3.52. The average molecular weight is 248 g/mol. The summed E-state index contributed by atoms with van der Waals surface area (Å²) < 4.78 is 0. The molecule has 1 amide bonds. The number of piperidine rings is 1. The number of hydrogen-bond donors (Lipinski definition) is 2. The second kappa shape index (κ2) is 5.35. The van der Waals surface area contributed by atoms with E-state index < -0.39 is 0 Å². The number of pyridine rings is 1. The van der Waals surface area contributed by atoms with Crippen LogP contribution in [0, 0.1) is 5.92 Å². The van der Waals surface area contributed by atoms with Crippen LogP contribution in [0.1, 0.15) is 31.4 Å². The van der Waals surface area contributed by atoms with E-state index in [-0.39, 0.29) is 17.9 Å². The molecule has 2 rings (SSSR count). The van der Waals surface area contributed by atoms with Crippen LogP contribution in [0.4, 0.5) is 5.82 Å². The highest BCUT2D eigenvalue weighted by molar-refractivity contribution is 5.76. The quantitative estimate of drug-likeness (QED) is 0.828. The first-order chi connectivity index (χ1) is 8.58. The molecule has 1 fully saturated rings. The molecule has 1 saturated heterocycles. The van der Waals surface area contributed by atoms with E-state index in [9.17, 15) is 4.79 Å². The largest absolute Gasteiger partial charge is 0.369 e. The summed E-state index contributed by atoms with van der Waals surface area (Å²) in [5.41, 5.74) is 12.1. The van der Waals surface area contributed by atoms with Crippen LogP contribution in [-0.4, -0.2) is 24.0 Å². The first kappa shape index (κ1) is 12.8. The number of carbonyl (C=O) groups excluding carboxylic acids is 1. The van der Waals surface area contributed by atoms with Crippen LogP contribution >= 0.6 is 0 Å². The topological polar surface area (TPSA) is 85.2 Å². The molecule has 1 aromatic rings. The summed E-state index contributed by atoms with van der Waals surface area (Å²) in [5.74, 6) is 0.779. The molecule has 5 heteroatoms. The molecule has 0 aromatic carbocycles. The van der Waals surface area contributed by atoms with Crippen LogP contribution in [0.15, 0.2) is 18.3 Å². The highest BCUT2D eigenvalue weighted by atomic mass is 16.1. The maximum absolute atomic E-state index is 11.1. The van der Waals surface area contributed by atoms with Gasteiger partial charge in [-0.05, 0) is 31.4 Å². The van der Waals surface area contributed by atoms with Crippen molar-refractivity contribution in [2.24, 2.45) is 17.4 Å². The number of hydrogen-bond acceptors (Lipinski definition) is 4. The SMILES string of the molecule is CC(N)c1ccc(N2CCC(C(N)=O)CC2)nc1. The summed E-state index contributed by atoms with van der Waals surface area (Å²) in [5, 5.41) is 0. The predicted molar refractivity (Wildman–Crippen MR) is 71.0 cm³/mol. The Balaban J connectivity index is 1.99. The summed E-state index contributed by atoms with van der Waals surface area (Å²) in [7, 11) is 0. The zero-order chi connectivity index (χ0) is 13.1. The summed E-state index contributed by atoms with van der Waals surface area (Å²) in [6.45, 7) is 3.60. The van der Waals surface area contributed by atoms with Gasteiger partial charge in [-0.15, -0.1) is 0 Å². The second-order valence-corrected chi connectivity index (χ2v) is 4.90. The van der Waals surface area contributed by atoms with Gasteiger partial charge in [-0.2, -0.15) is 0 Å². The molecule has 0 bridgehead atoms. The lowest BCUT2D eigenvalue weighted by atomic mass is 9.96. The number of primary amides is 1. The lowest BCUT2D eigenvalue weighted by molar-refractivity contribution is -0.122. The van der Waals surface area contributed by atoms with E-state index in [0.717, 1.165) is 37.3 Å². The van der Waals surface area contributed by atoms with E-state index in [1.165, 1.54) is 0 Å². The summed E-state index contributed by atoms with van der Waals surface area (Å²) in [6.07, 6.45) is 3.44. The van der Waals surface area contributed by atoms with E-state index in [1.54, 1.807) is 0 Å². The molecule has 98 valence electrons. The van der Waals surface area contributed by atoms with Crippen LogP contribution in [0.5, 0.6) is 0 Å². The molecule has 1 aromatic heterocycles. The van der Waals surface area contributed by atoms with Crippen molar-refractivity contribution in [3.63, 3.8) is 0 Å².